The van der Waals surface area contributed by atoms with E-state index in [1.807, 2.05) is 6.07 Å². The second-order valence-electron chi connectivity index (χ2n) is 1.81. The van der Waals surface area contributed by atoms with E-state index in [4.69, 9.17) is 4.52 Å². The van der Waals surface area contributed by atoms with Crippen LogP contribution in [0.3, 0.4) is 0 Å². The standard InChI is InChI=1S/C7H8O3P.Al.3H/c1-9-11(8)10-7-5-3-2-4-6-7;;;;/h2-6H,1H3;;;;/q+1;;;;. The normalized spacial score (nSPS) is 9.92. The van der Waals surface area contributed by atoms with E-state index in [0.29, 0.717) is 5.75 Å². The average molecular weight is 201 g/mol. The van der Waals surface area contributed by atoms with Crippen LogP contribution in [-0.2, 0) is 9.09 Å². The number of benzene rings is 1. The lowest BCUT2D eigenvalue weighted by molar-refractivity contribution is 0.349. The molecule has 0 aromatic heterocycles. The predicted molar refractivity (Wildman–Crippen MR) is 51.6 cm³/mol. The van der Waals surface area contributed by atoms with Gasteiger partial charge in [-0.25, -0.2) is 4.52 Å². The SMILES string of the molecule is CO[P+](=O)Oc1ccccc1.[AlH3]. The van der Waals surface area contributed by atoms with Crippen LogP contribution in [-0.4, -0.2) is 24.5 Å². The minimum atomic E-state index is -2.00. The highest BCUT2D eigenvalue weighted by Gasteiger charge is 2.17. The minimum Gasteiger partial charge on any atom is -0.229 e. The maximum Gasteiger partial charge on any atom is 0.749 e. The van der Waals surface area contributed by atoms with Gasteiger partial charge in [-0.2, -0.15) is 0 Å². The van der Waals surface area contributed by atoms with Crippen molar-refractivity contribution in [2.24, 2.45) is 0 Å². The Kier molecular flexibility index (Phi) is 5.97. The van der Waals surface area contributed by atoms with Gasteiger partial charge in [-0.15, -0.1) is 4.52 Å². The molecule has 0 spiro atoms. The summed E-state index contributed by atoms with van der Waals surface area (Å²) in [6.07, 6.45) is 0. The van der Waals surface area contributed by atoms with Gasteiger partial charge in [-0.05, 0) is 12.1 Å². The van der Waals surface area contributed by atoms with Crippen LogP contribution in [0, 0.1) is 0 Å². The smallest absolute Gasteiger partial charge is 0.229 e. The topological polar surface area (TPSA) is 35.5 Å². The molecule has 3 nitrogen and oxygen atoms in total. The Morgan fingerprint density at radius 3 is 2.33 bits per heavy atom. The van der Waals surface area contributed by atoms with Gasteiger partial charge in [0.25, 0.3) is 0 Å². The zero-order valence-electron chi connectivity index (χ0n) is 6.06. The predicted octanol–water partition coefficient (Wildman–Crippen LogP) is 1.19. The number of para-hydroxylation sites is 1. The Hall–Kier alpha value is -0.388. The molecule has 0 saturated carbocycles. The van der Waals surface area contributed by atoms with Crippen molar-refractivity contribution in [1.82, 2.24) is 0 Å². The van der Waals surface area contributed by atoms with Crippen LogP contribution in [0.4, 0.5) is 0 Å². The fourth-order valence-electron chi connectivity index (χ4n) is 0.605. The zero-order valence-corrected chi connectivity index (χ0v) is 6.95. The third-order valence-electron chi connectivity index (χ3n) is 1.07. The molecular weight excluding hydrogens is 190 g/mol. The van der Waals surface area contributed by atoms with E-state index in [2.05, 4.69) is 4.52 Å². The first kappa shape index (κ1) is 11.6. The van der Waals surface area contributed by atoms with Crippen molar-refractivity contribution in [2.75, 3.05) is 7.11 Å². The molecule has 0 saturated heterocycles. The summed E-state index contributed by atoms with van der Waals surface area (Å²) >= 11 is 0. The van der Waals surface area contributed by atoms with Crippen molar-refractivity contribution in [1.29, 1.82) is 0 Å². The molecule has 0 aliphatic carbocycles. The molecule has 0 N–H and O–H groups in total. The summed E-state index contributed by atoms with van der Waals surface area (Å²) in [6.45, 7) is 0. The first-order chi connectivity index (χ1) is 5.33. The van der Waals surface area contributed by atoms with Crippen molar-refractivity contribution in [3.8, 4) is 5.75 Å². The molecule has 1 unspecified atom stereocenters. The molecule has 1 rings (SSSR count). The molecule has 1 aromatic rings. The lowest BCUT2D eigenvalue weighted by atomic mass is 10.3. The Bertz CT molecular complexity index is 240. The number of rotatable bonds is 3. The largest absolute Gasteiger partial charge is 0.749 e. The highest BCUT2D eigenvalue weighted by Crippen LogP contribution is 2.25. The molecular formula is C7H11AlO3P+. The number of hydrogen-bond acceptors (Lipinski definition) is 3. The molecule has 0 bridgehead atoms. The third-order valence-corrected chi connectivity index (χ3v) is 1.73. The average Bonchev–Trinajstić information content (AvgIpc) is 2.06. The summed E-state index contributed by atoms with van der Waals surface area (Å²) in [6, 6.07) is 8.88. The summed E-state index contributed by atoms with van der Waals surface area (Å²) in [7, 11) is -0.670. The molecule has 1 aromatic carbocycles. The van der Waals surface area contributed by atoms with Crippen molar-refractivity contribution in [3.05, 3.63) is 30.3 Å². The molecule has 0 aliphatic rings. The van der Waals surface area contributed by atoms with E-state index in [-0.39, 0.29) is 17.4 Å². The van der Waals surface area contributed by atoms with Crippen molar-refractivity contribution in [3.63, 3.8) is 0 Å². The van der Waals surface area contributed by atoms with E-state index in [1.165, 1.54) is 7.11 Å². The van der Waals surface area contributed by atoms with Gasteiger partial charge < -0.3 is 0 Å². The van der Waals surface area contributed by atoms with Crippen LogP contribution in [0.2, 0.25) is 0 Å². The maximum absolute atomic E-state index is 10.7. The highest BCUT2D eigenvalue weighted by molar-refractivity contribution is 7.33. The van der Waals surface area contributed by atoms with Crippen LogP contribution in [0.15, 0.2) is 30.3 Å². The lowest BCUT2D eigenvalue weighted by Gasteiger charge is -1.87. The maximum atomic E-state index is 10.7. The molecule has 64 valence electrons. The van der Waals surface area contributed by atoms with E-state index in [9.17, 15) is 4.57 Å². The Labute approximate surface area is 82.8 Å². The van der Waals surface area contributed by atoms with Gasteiger partial charge in [0.15, 0.2) is 23.1 Å². The first-order valence-electron chi connectivity index (χ1n) is 3.07. The summed E-state index contributed by atoms with van der Waals surface area (Å²) in [5, 5.41) is 0. The summed E-state index contributed by atoms with van der Waals surface area (Å²) in [4.78, 5) is 0. The van der Waals surface area contributed by atoms with Crippen molar-refractivity contribution in [2.45, 2.75) is 0 Å². The van der Waals surface area contributed by atoms with Gasteiger partial charge in [0, 0.05) is 4.57 Å². The van der Waals surface area contributed by atoms with E-state index >= 15 is 0 Å². The first-order valence-corrected chi connectivity index (χ1v) is 4.17. The van der Waals surface area contributed by atoms with Gasteiger partial charge in [0.1, 0.15) is 0 Å². The summed E-state index contributed by atoms with van der Waals surface area (Å²) in [5.74, 6) is 0.551. The van der Waals surface area contributed by atoms with Gasteiger partial charge >= 0.3 is 8.25 Å². The number of hydrogen-bond donors (Lipinski definition) is 0. The Morgan fingerprint density at radius 2 is 1.83 bits per heavy atom. The molecule has 1 atom stereocenters. The molecule has 0 fully saturated rings. The highest BCUT2D eigenvalue weighted by atomic mass is 31.1. The monoisotopic (exact) mass is 201 g/mol. The van der Waals surface area contributed by atoms with Crippen molar-refractivity contribution < 1.29 is 13.6 Å². The van der Waals surface area contributed by atoms with Gasteiger partial charge in [0.05, 0.1) is 7.11 Å². The lowest BCUT2D eigenvalue weighted by Crippen LogP contribution is -1.80. The van der Waals surface area contributed by atoms with Crippen LogP contribution in [0.5, 0.6) is 5.75 Å². The Balaban J connectivity index is 0.00000121. The molecule has 5 heteroatoms. The second-order valence-corrected chi connectivity index (χ2v) is 2.81. The quantitative estimate of drug-likeness (QED) is 0.544. The van der Waals surface area contributed by atoms with Crippen LogP contribution in [0.25, 0.3) is 0 Å². The molecule has 0 aliphatic heterocycles. The zero-order chi connectivity index (χ0) is 8.10. The van der Waals surface area contributed by atoms with E-state index < -0.39 is 8.25 Å². The summed E-state index contributed by atoms with van der Waals surface area (Å²) < 4.78 is 20.0. The fraction of sp³-hybridized carbons (Fsp3) is 0.143. The van der Waals surface area contributed by atoms with Gasteiger partial charge in [0.2, 0.25) is 0 Å². The molecule has 0 amide bonds. The summed E-state index contributed by atoms with van der Waals surface area (Å²) in [5.41, 5.74) is 0. The third kappa shape index (κ3) is 3.85. The molecule has 0 radical (unpaired) electrons. The van der Waals surface area contributed by atoms with Gasteiger partial charge in [-0.3, -0.25) is 0 Å². The van der Waals surface area contributed by atoms with Crippen LogP contribution >= 0.6 is 8.25 Å². The van der Waals surface area contributed by atoms with Crippen molar-refractivity contribution >= 4 is 25.6 Å². The molecule has 0 heterocycles. The molecule has 12 heavy (non-hydrogen) atoms. The van der Waals surface area contributed by atoms with Crippen LogP contribution in [0.1, 0.15) is 0 Å². The minimum absolute atomic E-state index is 0. The van der Waals surface area contributed by atoms with Crippen LogP contribution < -0.4 is 4.52 Å². The van der Waals surface area contributed by atoms with E-state index in [0.717, 1.165) is 0 Å². The second kappa shape index (κ2) is 6.16. The fourth-order valence-corrected chi connectivity index (χ4v) is 0.973. The van der Waals surface area contributed by atoms with Gasteiger partial charge in [-0.1, -0.05) is 18.2 Å². The Morgan fingerprint density at radius 1 is 1.25 bits per heavy atom. The van der Waals surface area contributed by atoms with E-state index in [1.54, 1.807) is 24.3 Å².